The van der Waals surface area contributed by atoms with Crippen LogP contribution in [0.2, 0.25) is 0 Å². The van der Waals surface area contributed by atoms with Crippen molar-refractivity contribution in [1.82, 2.24) is 10.2 Å². The number of methoxy groups -OCH3 is 1. The lowest BCUT2D eigenvalue weighted by Gasteiger charge is -2.07. The van der Waals surface area contributed by atoms with Crippen molar-refractivity contribution >= 4 is 39.7 Å². The summed E-state index contributed by atoms with van der Waals surface area (Å²) in [5.74, 6) is 1.16. The van der Waals surface area contributed by atoms with Crippen molar-refractivity contribution in [3.63, 3.8) is 0 Å². The fourth-order valence-corrected chi connectivity index (χ4v) is 3.79. The molecule has 2 aromatic carbocycles. The molecule has 0 atom stereocenters. The molecule has 3 aromatic rings. The average Bonchev–Trinajstić information content (AvgIpc) is 3.08. The van der Waals surface area contributed by atoms with Gasteiger partial charge in [-0.25, -0.2) is 0 Å². The van der Waals surface area contributed by atoms with Crippen molar-refractivity contribution in [1.29, 1.82) is 0 Å². The van der Waals surface area contributed by atoms with Gasteiger partial charge in [-0.2, -0.15) is 0 Å². The first-order chi connectivity index (χ1) is 12.2. The predicted octanol–water partition coefficient (Wildman–Crippen LogP) is 4.57. The molecule has 0 aliphatic rings. The molecule has 1 aromatic heterocycles. The van der Waals surface area contributed by atoms with Gasteiger partial charge in [-0.15, -0.1) is 10.2 Å². The fraction of sp³-hybridized carbons (Fsp3) is 0.167. The van der Waals surface area contributed by atoms with E-state index in [4.69, 9.17) is 4.74 Å². The third-order valence-corrected chi connectivity index (χ3v) is 5.43. The van der Waals surface area contributed by atoms with Gasteiger partial charge in [-0.3, -0.25) is 4.79 Å². The molecule has 0 saturated carbocycles. The Morgan fingerprint density at radius 3 is 2.68 bits per heavy atom. The first-order valence-corrected chi connectivity index (χ1v) is 9.42. The van der Waals surface area contributed by atoms with Crippen LogP contribution in [0.1, 0.15) is 15.9 Å². The Balaban J connectivity index is 1.60. The second-order valence-electron chi connectivity index (χ2n) is 5.28. The van der Waals surface area contributed by atoms with Crippen LogP contribution in [-0.4, -0.2) is 28.8 Å². The number of carbonyl (C=O) groups excluding carboxylic acids is 1. The maximum atomic E-state index is 12.2. The number of hydrogen-bond acceptors (Lipinski definition) is 7. The largest absolute Gasteiger partial charge is 0.495 e. The van der Waals surface area contributed by atoms with E-state index in [1.54, 1.807) is 7.11 Å². The molecule has 25 heavy (non-hydrogen) atoms. The van der Waals surface area contributed by atoms with E-state index >= 15 is 0 Å². The highest BCUT2D eigenvalue weighted by molar-refractivity contribution is 8.01. The molecule has 5 nitrogen and oxygen atoms in total. The number of thioether (sulfide) groups is 1. The minimum Gasteiger partial charge on any atom is -0.495 e. The molecule has 3 rings (SSSR count). The average molecular weight is 371 g/mol. The monoisotopic (exact) mass is 371 g/mol. The van der Waals surface area contributed by atoms with Crippen molar-refractivity contribution in [3.8, 4) is 5.75 Å². The van der Waals surface area contributed by atoms with Crippen LogP contribution in [0.3, 0.4) is 0 Å². The molecule has 0 bridgehead atoms. The summed E-state index contributed by atoms with van der Waals surface area (Å²) in [7, 11) is 1.62. The standard InChI is InChI=1S/C18H17N3O2S2/c1-12-7-9-13(10-8-12)15(22)11-24-18-21-20-17(25-18)19-14-5-3-4-6-16(14)23-2/h3-10H,11H2,1-2H3,(H,19,20). The number of hydrogen-bond donors (Lipinski definition) is 1. The highest BCUT2D eigenvalue weighted by Gasteiger charge is 2.11. The van der Waals surface area contributed by atoms with Crippen molar-refractivity contribution in [2.75, 3.05) is 18.2 Å². The van der Waals surface area contributed by atoms with Crippen LogP contribution >= 0.6 is 23.1 Å². The van der Waals surface area contributed by atoms with Gasteiger partial charge < -0.3 is 10.1 Å². The summed E-state index contributed by atoms with van der Waals surface area (Å²) < 4.78 is 6.05. The van der Waals surface area contributed by atoms with Gasteiger partial charge in [-0.1, -0.05) is 65.1 Å². The van der Waals surface area contributed by atoms with Gasteiger partial charge in [-0.05, 0) is 19.1 Å². The van der Waals surface area contributed by atoms with Crippen molar-refractivity contribution in [2.24, 2.45) is 0 Å². The predicted molar refractivity (Wildman–Crippen MR) is 102 cm³/mol. The lowest BCUT2D eigenvalue weighted by atomic mass is 10.1. The molecule has 0 aliphatic heterocycles. The second kappa shape index (κ2) is 8.13. The van der Waals surface area contributed by atoms with E-state index in [2.05, 4.69) is 15.5 Å². The van der Waals surface area contributed by atoms with Crippen LogP contribution in [0.4, 0.5) is 10.8 Å². The van der Waals surface area contributed by atoms with E-state index < -0.39 is 0 Å². The Labute approximate surface area is 154 Å². The van der Waals surface area contributed by atoms with Gasteiger partial charge in [0.1, 0.15) is 5.75 Å². The zero-order chi connectivity index (χ0) is 17.6. The number of nitrogens with zero attached hydrogens (tertiary/aromatic N) is 2. The first-order valence-electron chi connectivity index (χ1n) is 7.62. The minimum atomic E-state index is 0.0828. The maximum absolute atomic E-state index is 12.2. The van der Waals surface area contributed by atoms with Gasteiger partial charge in [0.25, 0.3) is 0 Å². The highest BCUT2D eigenvalue weighted by Crippen LogP contribution is 2.31. The molecule has 0 spiro atoms. The number of aryl methyl sites for hydroxylation is 1. The molecule has 128 valence electrons. The number of para-hydroxylation sites is 2. The van der Waals surface area contributed by atoms with Gasteiger partial charge >= 0.3 is 0 Å². The topological polar surface area (TPSA) is 64.1 Å². The van der Waals surface area contributed by atoms with Gasteiger partial charge in [0.05, 0.1) is 18.6 Å². The van der Waals surface area contributed by atoms with E-state index in [1.807, 2.05) is 55.5 Å². The van der Waals surface area contributed by atoms with Crippen LogP contribution in [0.25, 0.3) is 0 Å². The molecule has 0 fully saturated rings. The molecule has 0 amide bonds. The zero-order valence-corrected chi connectivity index (χ0v) is 15.5. The number of benzene rings is 2. The summed E-state index contributed by atoms with van der Waals surface area (Å²) in [5.41, 5.74) is 2.68. The van der Waals surface area contributed by atoms with Crippen molar-refractivity contribution in [2.45, 2.75) is 11.3 Å². The van der Waals surface area contributed by atoms with Gasteiger partial charge in [0, 0.05) is 5.56 Å². The molecule has 0 radical (unpaired) electrons. The summed E-state index contributed by atoms with van der Waals surface area (Å²) >= 11 is 2.80. The number of anilines is 2. The van der Waals surface area contributed by atoms with Crippen molar-refractivity contribution in [3.05, 3.63) is 59.7 Å². The first kappa shape index (κ1) is 17.4. The molecule has 0 unspecified atom stereocenters. The summed E-state index contributed by atoms with van der Waals surface area (Å²) in [4.78, 5) is 12.2. The molecule has 1 heterocycles. The van der Waals surface area contributed by atoms with Crippen LogP contribution < -0.4 is 10.1 Å². The Bertz CT molecular complexity index is 863. The quantitative estimate of drug-likeness (QED) is 0.485. The van der Waals surface area contributed by atoms with E-state index in [0.717, 1.165) is 26.9 Å². The molecule has 7 heteroatoms. The number of aromatic nitrogens is 2. The number of Topliss-reactive ketones (excluding diaryl/α,β-unsaturated/α-hetero) is 1. The fourth-order valence-electron chi connectivity index (χ4n) is 2.13. The van der Waals surface area contributed by atoms with Crippen LogP contribution in [-0.2, 0) is 0 Å². The maximum Gasteiger partial charge on any atom is 0.210 e. The number of nitrogens with one attached hydrogen (secondary N) is 1. The molecular weight excluding hydrogens is 354 g/mol. The smallest absolute Gasteiger partial charge is 0.210 e. The zero-order valence-electron chi connectivity index (χ0n) is 13.9. The number of ether oxygens (including phenoxy) is 1. The van der Waals surface area contributed by atoms with E-state index in [9.17, 15) is 4.79 Å². The molecular formula is C18H17N3O2S2. The van der Waals surface area contributed by atoms with E-state index in [1.165, 1.54) is 23.1 Å². The number of carbonyl (C=O) groups is 1. The molecule has 0 aliphatic carbocycles. The van der Waals surface area contributed by atoms with Crippen molar-refractivity contribution < 1.29 is 9.53 Å². The van der Waals surface area contributed by atoms with Crippen LogP contribution in [0.5, 0.6) is 5.75 Å². The van der Waals surface area contributed by atoms with E-state index in [-0.39, 0.29) is 5.78 Å². The summed E-state index contributed by atoms with van der Waals surface area (Å²) in [6.07, 6.45) is 0. The normalized spacial score (nSPS) is 10.5. The summed E-state index contributed by atoms with van der Waals surface area (Å²) in [6.45, 7) is 2.00. The van der Waals surface area contributed by atoms with Gasteiger partial charge in [0.2, 0.25) is 5.13 Å². The SMILES string of the molecule is COc1ccccc1Nc1nnc(SCC(=O)c2ccc(C)cc2)s1. The summed E-state index contributed by atoms with van der Waals surface area (Å²) in [6, 6.07) is 15.2. The lowest BCUT2D eigenvalue weighted by Crippen LogP contribution is -2.01. The lowest BCUT2D eigenvalue weighted by molar-refractivity contribution is 0.102. The minimum absolute atomic E-state index is 0.0828. The third-order valence-electron chi connectivity index (χ3n) is 3.46. The van der Waals surface area contributed by atoms with Crippen LogP contribution in [0.15, 0.2) is 52.9 Å². The Hall–Kier alpha value is -2.38. The third kappa shape index (κ3) is 4.58. The molecule has 1 N–H and O–H groups in total. The number of ketones is 1. The van der Waals surface area contributed by atoms with Crippen LogP contribution in [0, 0.1) is 6.92 Å². The Morgan fingerprint density at radius 2 is 1.92 bits per heavy atom. The van der Waals surface area contributed by atoms with E-state index in [0.29, 0.717) is 10.9 Å². The van der Waals surface area contributed by atoms with Gasteiger partial charge in [0.15, 0.2) is 10.1 Å². The molecule has 0 saturated heterocycles. The Kier molecular flexibility index (Phi) is 5.67. The second-order valence-corrected chi connectivity index (χ2v) is 7.48. The number of rotatable bonds is 7. The summed E-state index contributed by atoms with van der Waals surface area (Å²) in [5, 5.41) is 12.1. The Morgan fingerprint density at radius 1 is 1.16 bits per heavy atom. The highest BCUT2D eigenvalue weighted by atomic mass is 32.2.